The summed E-state index contributed by atoms with van der Waals surface area (Å²) in [7, 11) is -3.49. The number of nitrogens with one attached hydrogen (secondary N) is 2. The zero-order chi connectivity index (χ0) is 25.1. The van der Waals surface area contributed by atoms with E-state index in [4.69, 9.17) is 10.6 Å². The summed E-state index contributed by atoms with van der Waals surface area (Å²) in [6.07, 6.45) is 7.98. The molecule has 0 saturated heterocycles. The molecule has 2 aromatic rings. The van der Waals surface area contributed by atoms with Crippen molar-refractivity contribution in [1.29, 1.82) is 5.26 Å². The number of carbonyl (C=O) groups is 1. The van der Waals surface area contributed by atoms with Gasteiger partial charge in [0.2, 0.25) is 0 Å². The minimum Gasteiger partial charge on any atom is -0.355 e. The van der Waals surface area contributed by atoms with E-state index in [9.17, 15) is 23.3 Å². The third-order valence-electron chi connectivity index (χ3n) is 4.18. The van der Waals surface area contributed by atoms with Crippen LogP contribution in [0.1, 0.15) is 12.5 Å². The van der Waals surface area contributed by atoms with Crippen molar-refractivity contribution in [3.63, 3.8) is 0 Å². The van der Waals surface area contributed by atoms with Crippen molar-refractivity contribution in [3.8, 4) is 18.4 Å². The molecule has 0 bridgehead atoms. The Kier molecular flexibility index (Phi) is 9.66. The van der Waals surface area contributed by atoms with Crippen molar-refractivity contribution in [3.05, 3.63) is 61.2 Å². The highest BCUT2D eigenvalue weighted by Crippen LogP contribution is 2.11. The van der Waals surface area contributed by atoms with Gasteiger partial charge >= 0.3 is 0 Å². The summed E-state index contributed by atoms with van der Waals surface area (Å²) in [4.78, 5) is 24.7. The van der Waals surface area contributed by atoms with Gasteiger partial charge in [0.05, 0.1) is 19.4 Å². The largest absolute Gasteiger partial charge is 0.355 e. The summed E-state index contributed by atoms with van der Waals surface area (Å²) in [5, 5.41) is 14.7. The number of carbonyl (C=O) groups excluding carboxylic acids is 1. The molecule has 1 aromatic carbocycles. The predicted molar refractivity (Wildman–Crippen MR) is 130 cm³/mol. The molecule has 1 amide bonds. The highest BCUT2D eigenvalue weighted by Gasteiger charge is 2.08. The first-order chi connectivity index (χ1) is 16.2. The molecule has 0 unspecified atom stereocenters. The number of hydrogen-bond acceptors (Lipinski definition) is 8. The second-order valence-corrected chi connectivity index (χ2v) is 9.34. The first-order valence-corrected chi connectivity index (χ1v) is 12.6. The maximum absolute atomic E-state index is 12.7. The number of rotatable bonds is 9. The zero-order valence-electron chi connectivity index (χ0n) is 18.5. The normalized spacial score (nSPS) is 10.2. The molecule has 0 saturated carbocycles. The predicted octanol–water partition coefficient (Wildman–Crippen LogP) is 0.0324. The molecule has 11 heteroatoms. The van der Waals surface area contributed by atoms with Gasteiger partial charge in [-0.1, -0.05) is 40.9 Å². The van der Waals surface area contributed by atoms with Crippen molar-refractivity contribution in [2.24, 2.45) is 0 Å². The van der Waals surface area contributed by atoms with E-state index >= 15 is 0 Å². The van der Waals surface area contributed by atoms with Crippen molar-refractivity contribution < 1.29 is 17.4 Å². The minimum absolute atomic E-state index is 0.0317. The summed E-state index contributed by atoms with van der Waals surface area (Å²) in [5.41, 5.74) is 6.52. The third kappa shape index (κ3) is 7.95. The van der Waals surface area contributed by atoms with Crippen LogP contribution < -0.4 is 25.4 Å². The lowest BCUT2D eigenvalue weighted by molar-refractivity contribution is -0.116. The number of anilines is 1. The number of terminal acetylenes is 1. The lowest BCUT2D eigenvalue weighted by atomic mass is 10.1. The van der Waals surface area contributed by atoms with Crippen molar-refractivity contribution >= 4 is 44.5 Å². The molecular weight excluding hydrogens is 476 g/mol. The summed E-state index contributed by atoms with van der Waals surface area (Å²) in [5.74, 6) is 1.57. The van der Waals surface area contributed by atoms with Crippen molar-refractivity contribution in [1.82, 2.24) is 9.88 Å². The second kappa shape index (κ2) is 12.4. The van der Waals surface area contributed by atoms with Crippen LogP contribution in [-0.2, 0) is 32.1 Å². The zero-order valence-corrected chi connectivity index (χ0v) is 20.2. The molecule has 0 atom stereocenters. The summed E-state index contributed by atoms with van der Waals surface area (Å²) >= 11 is 1.04. The Morgan fingerprint density at radius 2 is 2.15 bits per heavy atom. The molecule has 0 aliphatic carbocycles. The van der Waals surface area contributed by atoms with Gasteiger partial charge in [-0.2, -0.15) is 13.7 Å². The van der Waals surface area contributed by atoms with Crippen LogP contribution in [0, 0.1) is 23.7 Å². The Labute approximate surface area is 201 Å². The molecular formula is C23H22N4O5S2. The van der Waals surface area contributed by atoms with Gasteiger partial charge in [0, 0.05) is 18.4 Å². The first kappa shape index (κ1) is 26.4. The molecule has 0 aliphatic rings. The van der Waals surface area contributed by atoms with E-state index in [0.717, 1.165) is 23.2 Å². The fourth-order valence-corrected chi connectivity index (χ4v) is 4.03. The van der Waals surface area contributed by atoms with E-state index in [0.29, 0.717) is 23.3 Å². The molecule has 0 fully saturated rings. The van der Waals surface area contributed by atoms with Crippen LogP contribution in [0.5, 0.6) is 0 Å². The van der Waals surface area contributed by atoms with Crippen molar-refractivity contribution in [2.75, 3.05) is 24.7 Å². The number of hydrogen-bond donors (Lipinski definition) is 2. The van der Waals surface area contributed by atoms with Gasteiger partial charge in [-0.25, -0.2) is 0 Å². The second-order valence-electron chi connectivity index (χ2n) is 6.69. The Hall–Kier alpha value is -3.82. The molecule has 9 nitrogen and oxygen atoms in total. The van der Waals surface area contributed by atoms with Crippen molar-refractivity contribution in [2.45, 2.75) is 19.9 Å². The summed E-state index contributed by atoms with van der Waals surface area (Å²) in [6.45, 7) is 2.08. The van der Waals surface area contributed by atoms with E-state index in [2.05, 4.69) is 28.0 Å². The number of nitriles is 1. The maximum Gasteiger partial charge on any atom is 0.277 e. The smallest absolute Gasteiger partial charge is 0.277 e. The Morgan fingerprint density at radius 1 is 1.38 bits per heavy atom. The number of amides is 1. The SMILES string of the molecule is C#CCNC(=O)C(=C=c1sc(=C=CNc2cccc(CCOS(C)(=O)=O)c2)c(=O)n1CC)C#N. The summed E-state index contributed by atoms with van der Waals surface area (Å²) < 4.78 is 28.8. The standard InChI is InChI=1S/C23H22N4O5S2/c1-4-11-26-22(28)18(16-24)15-21-27(5-2)23(29)20(33-21)9-12-25-19-8-6-7-17(14-19)10-13-32-34(3,30)31/h1,6-8,12,14,25H,5,10-11,13H2,2-3H3,(H,26,28). The lowest BCUT2D eigenvalue weighted by Crippen LogP contribution is -2.30. The van der Waals surface area contributed by atoms with Gasteiger partial charge in [0.25, 0.3) is 21.6 Å². The van der Waals surface area contributed by atoms with Crippen LogP contribution >= 0.6 is 11.3 Å². The Balaban J connectivity index is 2.36. The van der Waals surface area contributed by atoms with Crippen LogP contribution in [0.2, 0.25) is 0 Å². The topological polar surface area (TPSA) is 130 Å². The number of aromatic nitrogens is 1. The van der Waals surface area contributed by atoms with Gasteiger partial charge in [0.1, 0.15) is 15.3 Å². The van der Waals surface area contributed by atoms with Gasteiger partial charge < -0.3 is 10.6 Å². The molecule has 1 aromatic heterocycles. The monoisotopic (exact) mass is 498 g/mol. The average molecular weight is 499 g/mol. The molecule has 176 valence electrons. The van der Waals surface area contributed by atoms with Gasteiger partial charge in [-0.05, 0) is 31.0 Å². The summed E-state index contributed by atoms with van der Waals surface area (Å²) in [6, 6.07) is 9.02. The van der Waals surface area contributed by atoms with E-state index in [1.807, 2.05) is 12.1 Å². The highest BCUT2D eigenvalue weighted by atomic mass is 32.2. The van der Waals surface area contributed by atoms with Crippen LogP contribution in [0.4, 0.5) is 5.69 Å². The van der Waals surface area contributed by atoms with Gasteiger partial charge in [0.15, 0.2) is 5.57 Å². The average Bonchev–Trinajstić information content (AvgIpc) is 3.09. The molecule has 0 aliphatic heterocycles. The van der Waals surface area contributed by atoms with Crippen LogP contribution in [-0.4, -0.2) is 38.3 Å². The molecule has 1 heterocycles. The molecule has 2 rings (SSSR count). The van der Waals surface area contributed by atoms with Crippen LogP contribution in [0.15, 0.2) is 40.8 Å². The highest BCUT2D eigenvalue weighted by molar-refractivity contribution is 7.85. The number of thiazole rings is 1. The van der Waals surface area contributed by atoms with Gasteiger partial charge in [-0.15, -0.1) is 6.42 Å². The van der Waals surface area contributed by atoms with Crippen LogP contribution in [0.25, 0.3) is 11.5 Å². The van der Waals surface area contributed by atoms with Gasteiger partial charge in [-0.3, -0.25) is 18.3 Å². The minimum atomic E-state index is -3.49. The molecule has 0 spiro atoms. The number of benzene rings is 1. The molecule has 34 heavy (non-hydrogen) atoms. The van der Waals surface area contributed by atoms with E-state index in [-0.39, 0.29) is 28.8 Å². The quantitative estimate of drug-likeness (QED) is 0.216. The van der Waals surface area contributed by atoms with E-state index < -0.39 is 16.0 Å². The van der Waals surface area contributed by atoms with E-state index in [1.54, 1.807) is 25.1 Å². The molecule has 0 radical (unpaired) electrons. The fourth-order valence-electron chi connectivity index (χ4n) is 2.66. The van der Waals surface area contributed by atoms with Crippen LogP contribution in [0.3, 0.4) is 0 Å². The van der Waals surface area contributed by atoms with E-state index in [1.165, 1.54) is 10.8 Å². The number of nitrogens with zero attached hydrogens (tertiary/aromatic N) is 2. The first-order valence-electron chi connectivity index (χ1n) is 9.96. The maximum atomic E-state index is 12.7. The molecule has 2 N–H and O–H groups in total. The third-order valence-corrected chi connectivity index (χ3v) is 5.79. The fraction of sp³-hybridized carbons (Fsp3) is 0.261. The lowest BCUT2D eigenvalue weighted by Gasteiger charge is -2.05. The Bertz CT molecular complexity index is 1510. The Morgan fingerprint density at radius 3 is 2.79 bits per heavy atom.